The highest BCUT2D eigenvalue weighted by Crippen LogP contribution is 2.50. The van der Waals surface area contributed by atoms with Gasteiger partial charge in [-0.1, -0.05) is 202 Å². The third kappa shape index (κ3) is 9.29. The van der Waals surface area contributed by atoms with E-state index >= 15 is 0 Å². The van der Waals surface area contributed by atoms with Gasteiger partial charge in [0.05, 0.1) is 17.7 Å². The number of nitrogens with zero attached hydrogens (tertiary/aromatic N) is 4. The molecule has 0 amide bonds. The molecule has 8 aromatic rings. The highest BCUT2D eigenvalue weighted by atomic mass is 16.5. The zero-order valence-electron chi connectivity index (χ0n) is 45.4. The highest BCUT2D eigenvalue weighted by Gasteiger charge is 2.42. The van der Waals surface area contributed by atoms with Crippen molar-refractivity contribution < 1.29 is 4.74 Å². The monoisotopic (exact) mass is 941 g/mol. The summed E-state index contributed by atoms with van der Waals surface area (Å²) < 4.78 is 9.76. The van der Waals surface area contributed by atoms with Gasteiger partial charge in [-0.2, -0.15) is 0 Å². The van der Waals surface area contributed by atoms with Crippen molar-refractivity contribution in [2.75, 3.05) is 16.5 Å². The van der Waals surface area contributed by atoms with Crippen LogP contribution in [0.4, 0.5) is 11.4 Å². The Labute approximate surface area is 425 Å². The van der Waals surface area contributed by atoms with Crippen LogP contribution in [0.25, 0.3) is 27.6 Å². The van der Waals surface area contributed by atoms with Crippen LogP contribution in [0.5, 0.6) is 11.5 Å². The number of benzene rings is 6. The van der Waals surface area contributed by atoms with Crippen LogP contribution in [0.3, 0.4) is 0 Å². The molecule has 1 aliphatic rings. The predicted octanol–water partition coefficient (Wildman–Crippen LogP) is 17.8. The molecule has 6 aromatic carbocycles. The molecule has 0 spiro atoms. The van der Waals surface area contributed by atoms with Crippen LogP contribution in [0.2, 0.25) is 0 Å². The fourth-order valence-corrected chi connectivity index (χ4v) is 10.8. The van der Waals surface area contributed by atoms with Gasteiger partial charge in [-0.3, -0.25) is 4.57 Å². The van der Waals surface area contributed by atoms with E-state index in [9.17, 15) is 0 Å². The van der Waals surface area contributed by atoms with Gasteiger partial charge < -0.3 is 14.5 Å². The largest absolute Gasteiger partial charge is 0.457 e. The fourth-order valence-electron chi connectivity index (χ4n) is 10.8. The number of hydrogen-bond donors (Lipinski definition) is 0. The molecular formula is C66H76N4O. The normalized spacial score (nSPS) is 14.3. The lowest BCUT2D eigenvalue weighted by atomic mass is 9.76. The van der Waals surface area contributed by atoms with Gasteiger partial charge in [0.1, 0.15) is 17.3 Å². The lowest BCUT2D eigenvalue weighted by molar-refractivity contribution is 0.444. The Morgan fingerprint density at radius 1 is 0.408 bits per heavy atom. The summed E-state index contributed by atoms with van der Waals surface area (Å²) in [5.74, 6) is 2.46. The Balaban J connectivity index is 1.26. The number of anilines is 2. The number of hydrogen-bond acceptors (Lipinski definition) is 4. The minimum atomic E-state index is -0.393. The van der Waals surface area contributed by atoms with Gasteiger partial charge in [0.25, 0.3) is 0 Å². The van der Waals surface area contributed by atoms with Crippen molar-refractivity contribution in [2.24, 2.45) is 10.8 Å². The van der Waals surface area contributed by atoms with Crippen molar-refractivity contribution in [3.8, 4) is 17.3 Å². The summed E-state index contributed by atoms with van der Waals surface area (Å²) in [6, 6.07) is 55.5. The van der Waals surface area contributed by atoms with E-state index in [1.54, 1.807) is 0 Å². The van der Waals surface area contributed by atoms with Gasteiger partial charge in [-0.25, -0.2) is 4.98 Å². The highest BCUT2D eigenvalue weighted by molar-refractivity contribution is 6.11. The molecule has 5 heteroatoms. The summed E-state index contributed by atoms with van der Waals surface area (Å²) in [4.78, 5) is 10.3. The van der Waals surface area contributed by atoms with E-state index in [2.05, 4.69) is 277 Å². The second kappa shape index (κ2) is 17.6. The van der Waals surface area contributed by atoms with E-state index < -0.39 is 5.41 Å². The van der Waals surface area contributed by atoms with Gasteiger partial charge in [0.15, 0.2) is 0 Å². The standard InChI is InChI=1S/C66H76N4O/c1-61(2,3)46-30-25-31-49(36-46)68-43-69(60(64(10,11)12)59(68)63(7,8)9)50-37-48(62(4,5)6)38-51(40-50)71-52-41-54(66(15,16)45-28-21-18-22-29-45)58-53-32-23-24-33-55(53)70(56(58)42-52)57-39-47(34-35-67-57)65(13,14)44-26-19-17-20-27-44/h17-42H,43H2,1-16H3. The van der Waals surface area contributed by atoms with E-state index in [1.807, 2.05) is 6.20 Å². The number of pyridine rings is 1. The Kier molecular flexibility index (Phi) is 12.3. The van der Waals surface area contributed by atoms with Gasteiger partial charge in [-0.05, 0) is 92.7 Å². The molecule has 0 saturated heterocycles. The summed E-state index contributed by atoms with van der Waals surface area (Å²) in [6.07, 6.45) is 1.97. The number of allylic oxidation sites excluding steroid dienone is 2. The van der Waals surface area contributed by atoms with E-state index in [0.29, 0.717) is 6.67 Å². The summed E-state index contributed by atoms with van der Waals surface area (Å²) in [5, 5.41) is 2.38. The van der Waals surface area contributed by atoms with E-state index in [-0.39, 0.29) is 27.1 Å². The number of para-hydroxylation sites is 1. The number of aromatic nitrogens is 2. The third-order valence-electron chi connectivity index (χ3n) is 14.9. The molecule has 5 nitrogen and oxygen atoms in total. The lowest BCUT2D eigenvalue weighted by Gasteiger charge is -2.34. The molecule has 0 saturated carbocycles. The maximum absolute atomic E-state index is 7.41. The molecule has 9 rings (SSSR count). The average molecular weight is 941 g/mol. The van der Waals surface area contributed by atoms with Crippen LogP contribution in [0, 0.1) is 10.8 Å². The SMILES string of the molecule is CC(C)(C)C1=C(C(C)(C)C)N(c2cc(Oc3cc(C(C)(C)c4ccccc4)c4c5ccccc5n(-c5cc(C(C)(C)c6ccccc6)ccn5)c4c3)cc(C(C)(C)C)c2)CN1c1cccc(C(C)(C)C)c1. The Morgan fingerprint density at radius 2 is 0.944 bits per heavy atom. The molecule has 0 bridgehead atoms. The van der Waals surface area contributed by atoms with Crippen LogP contribution in [-0.2, 0) is 21.7 Å². The maximum Gasteiger partial charge on any atom is 0.137 e. The second-order valence-electron chi connectivity index (χ2n) is 25.2. The molecule has 0 unspecified atom stereocenters. The Morgan fingerprint density at radius 3 is 1.55 bits per heavy atom. The first-order valence-corrected chi connectivity index (χ1v) is 25.6. The predicted molar refractivity (Wildman–Crippen MR) is 302 cm³/mol. The Bertz CT molecular complexity index is 3290. The molecule has 0 aliphatic carbocycles. The first-order valence-electron chi connectivity index (χ1n) is 25.6. The number of rotatable bonds is 9. The van der Waals surface area contributed by atoms with Crippen LogP contribution >= 0.6 is 0 Å². The summed E-state index contributed by atoms with van der Waals surface area (Å²) >= 11 is 0. The van der Waals surface area contributed by atoms with E-state index in [1.165, 1.54) is 61.2 Å². The average Bonchev–Trinajstić information content (AvgIpc) is 3.90. The fraction of sp³-hybridized carbons (Fsp3) is 0.348. The first-order chi connectivity index (χ1) is 33.2. The second-order valence-corrected chi connectivity index (χ2v) is 25.2. The zero-order valence-corrected chi connectivity index (χ0v) is 45.4. The first kappa shape index (κ1) is 49.4. The van der Waals surface area contributed by atoms with Crippen molar-refractivity contribution in [2.45, 2.75) is 132 Å². The Hall–Kier alpha value is -6.59. The molecule has 0 atom stereocenters. The molecule has 2 aromatic heterocycles. The lowest BCUT2D eigenvalue weighted by Crippen LogP contribution is -2.31. The van der Waals surface area contributed by atoms with Crippen LogP contribution in [0.1, 0.15) is 144 Å². The van der Waals surface area contributed by atoms with Gasteiger partial charge in [0, 0.05) is 73.5 Å². The van der Waals surface area contributed by atoms with Crippen LogP contribution in [-0.4, -0.2) is 16.2 Å². The van der Waals surface area contributed by atoms with Crippen molar-refractivity contribution in [3.63, 3.8) is 0 Å². The zero-order chi connectivity index (χ0) is 51.1. The summed E-state index contributed by atoms with van der Waals surface area (Å²) in [7, 11) is 0. The molecule has 0 N–H and O–H groups in total. The van der Waals surface area contributed by atoms with Gasteiger partial charge in [-0.15, -0.1) is 0 Å². The molecule has 0 radical (unpaired) electrons. The van der Waals surface area contributed by atoms with E-state index in [4.69, 9.17) is 9.72 Å². The quantitative estimate of drug-likeness (QED) is 0.144. The summed E-state index contributed by atoms with van der Waals surface area (Å²) in [5.41, 5.74) is 13.5. The molecule has 3 heterocycles. The number of fused-ring (bicyclic) bond motifs is 3. The molecule has 366 valence electrons. The minimum absolute atomic E-state index is 0.0224. The van der Waals surface area contributed by atoms with Gasteiger partial charge in [0.2, 0.25) is 0 Å². The number of ether oxygens (including phenoxy) is 1. The third-order valence-corrected chi connectivity index (χ3v) is 14.9. The van der Waals surface area contributed by atoms with Crippen molar-refractivity contribution in [1.82, 2.24) is 9.55 Å². The smallest absolute Gasteiger partial charge is 0.137 e. The van der Waals surface area contributed by atoms with Crippen LogP contribution < -0.4 is 14.5 Å². The molecule has 71 heavy (non-hydrogen) atoms. The minimum Gasteiger partial charge on any atom is -0.457 e. The van der Waals surface area contributed by atoms with Gasteiger partial charge >= 0.3 is 0 Å². The summed E-state index contributed by atoms with van der Waals surface area (Å²) in [6.45, 7) is 37.9. The topological polar surface area (TPSA) is 33.5 Å². The van der Waals surface area contributed by atoms with E-state index in [0.717, 1.165) is 34.0 Å². The molecular weight excluding hydrogens is 865 g/mol. The maximum atomic E-state index is 7.41. The van der Waals surface area contributed by atoms with Crippen LogP contribution in [0.15, 0.2) is 169 Å². The molecule has 1 aliphatic heterocycles. The van der Waals surface area contributed by atoms with Crippen molar-refractivity contribution in [3.05, 3.63) is 203 Å². The molecule has 0 fully saturated rings. The van der Waals surface area contributed by atoms with Crippen molar-refractivity contribution in [1.29, 1.82) is 0 Å². The van der Waals surface area contributed by atoms with Crippen molar-refractivity contribution >= 4 is 33.2 Å².